The van der Waals surface area contributed by atoms with Gasteiger partial charge in [0.1, 0.15) is 11.6 Å². The van der Waals surface area contributed by atoms with E-state index in [1.807, 2.05) is 36.1 Å². The predicted octanol–water partition coefficient (Wildman–Crippen LogP) is 2.67. The molecule has 8 heteroatoms. The third kappa shape index (κ3) is 2.10. The summed E-state index contributed by atoms with van der Waals surface area (Å²) in [7, 11) is 1.40. The van der Waals surface area contributed by atoms with Gasteiger partial charge in [-0.3, -0.25) is 4.90 Å². The summed E-state index contributed by atoms with van der Waals surface area (Å²) in [6.07, 6.45) is 3.37. The number of nitrogens with zero attached hydrogens (tertiary/aromatic N) is 2. The zero-order chi connectivity index (χ0) is 24.3. The summed E-state index contributed by atoms with van der Waals surface area (Å²) in [6.45, 7) is 3.47. The van der Waals surface area contributed by atoms with Crippen molar-refractivity contribution in [3.8, 4) is 11.5 Å². The van der Waals surface area contributed by atoms with Crippen molar-refractivity contribution >= 4 is 17.6 Å². The van der Waals surface area contributed by atoms with E-state index in [-0.39, 0.29) is 29.2 Å². The van der Waals surface area contributed by atoms with Crippen LogP contribution in [0.25, 0.3) is 0 Å². The quantitative estimate of drug-likeness (QED) is 0.370. The van der Waals surface area contributed by atoms with Crippen LogP contribution in [0.2, 0.25) is 0 Å². The Morgan fingerprint density at radius 2 is 2.00 bits per heavy atom. The topological polar surface area (TPSA) is 99.5 Å². The highest BCUT2D eigenvalue weighted by molar-refractivity contribution is 6.00. The number of fused-ring (bicyclic) bond motifs is 4. The molecule has 5 atom stereocenters. The average molecular weight is 475 g/mol. The van der Waals surface area contributed by atoms with Gasteiger partial charge in [-0.1, -0.05) is 35.9 Å². The fourth-order valence-electron chi connectivity index (χ4n) is 7.91. The second-order valence-corrected chi connectivity index (χ2v) is 10.1. The van der Waals surface area contributed by atoms with Crippen molar-refractivity contribution in [2.45, 2.75) is 43.0 Å². The number of esters is 2. The van der Waals surface area contributed by atoms with Crippen molar-refractivity contribution in [1.29, 1.82) is 0 Å². The van der Waals surface area contributed by atoms with E-state index in [4.69, 9.17) is 9.47 Å². The molecule has 0 aromatic heterocycles. The number of methoxy groups -OCH3 is 1. The highest BCUT2D eigenvalue weighted by Gasteiger charge is 2.78. The first kappa shape index (κ1) is 20.8. The van der Waals surface area contributed by atoms with Gasteiger partial charge in [0.15, 0.2) is 11.5 Å². The summed E-state index contributed by atoms with van der Waals surface area (Å²) in [5.74, 6) is -1.95. The Bertz CT molecular complexity index is 1350. The Labute approximate surface area is 202 Å². The third-order valence-corrected chi connectivity index (χ3v) is 9.14. The number of rotatable bonds is 1. The number of hydrogen-bond acceptors (Lipinski definition) is 8. The second-order valence-electron chi connectivity index (χ2n) is 10.1. The van der Waals surface area contributed by atoms with Gasteiger partial charge in [-0.05, 0) is 43.0 Å². The lowest BCUT2D eigenvalue weighted by atomic mass is 9.56. The van der Waals surface area contributed by atoms with Gasteiger partial charge in [-0.2, -0.15) is 0 Å². The number of anilines is 1. The van der Waals surface area contributed by atoms with Crippen LogP contribution in [0.3, 0.4) is 0 Å². The van der Waals surface area contributed by atoms with Gasteiger partial charge in [0.25, 0.3) is 0 Å². The molecule has 7 rings (SSSR count). The van der Waals surface area contributed by atoms with Crippen LogP contribution in [0.4, 0.5) is 5.69 Å². The summed E-state index contributed by atoms with van der Waals surface area (Å²) in [5, 5.41) is 21.0. The minimum absolute atomic E-state index is 0.00224. The first-order chi connectivity index (χ1) is 16.9. The van der Waals surface area contributed by atoms with Crippen LogP contribution in [0, 0.1) is 5.92 Å². The lowest BCUT2D eigenvalue weighted by molar-refractivity contribution is -0.174. The normalized spacial score (nSPS) is 35.1. The van der Waals surface area contributed by atoms with Crippen LogP contribution in [-0.2, 0) is 19.7 Å². The van der Waals surface area contributed by atoms with Crippen molar-refractivity contribution in [3.05, 3.63) is 64.7 Å². The number of benzene rings is 2. The summed E-state index contributed by atoms with van der Waals surface area (Å²) >= 11 is 0. The summed E-state index contributed by atoms with van der Waals surface area (Å²) in [6, 6.07) is 10.3. The van der Waals surface area contributed by atoms with Crippen LogP contribution in [0.5, 0.6) is 11.5 Å². The Morgan fingerprint density at radius 1 is 1.20 bits per heavy atom. The average Bonchev–Trinajstić information content (AvgIpc) is 3.12. The van der Waals surface area contributed by atoms with E-state index < -0.39 is 28.9 Å². The number of aromatic hydroxyl groups is 2. The van der Waals surface area contributed by atoms with E-state index in [1.165, 1.54) is 18.7 Å². The minimum atomic E-state index is -1.18. The Hall–Kier alpha value is -3.52. The molecular formula is C27H26N2O6. The number of carbonyl (C=O) groups excluding carboxylic acids is 2. The van der Waals surface area contributed by atoms with Crippen LogP contribution >= 0.6 is 0 Å². The molecule has 5 aliphatic heterocycles. The number of hydrogen-bond donors (Lipinski definition) is 2. The van der Waals surface area contributed by atoms with Gasteiger partial charge in [-0.25, -0.2) is 9.59 Å². The van der Waals surface area contributed by atoms with Crippen molar-refractivity contribution in [2.24, 2.45) is 5.92 Å². The van der Waals surface area contributed by atoms with Crippen LogP contribution < -0.4 is 4.90 Å². The molecule has 2 aromatic carbocycles. The molecule has 5 aliphatic rings. The molecule has 2 N–H and O–H groups in total. The largest absolute Gasteiger partial charge is 0.504 e. The van der Waals surface area contributed by atoms with Gasteiger partial charge in [0.05, 0.1) is 18.6 Å². The van der Waals surface area contributed by atoms with Crippen LogP contribution in [-0.4, -0.2) is 65.1 Å². The number of para-hydroxylation sites is 1. The molecule has 0 unspecified atom stereocenters. The monoisotopic (exact) mass is 474 g/mol. The Morgan fingerprint density at radius 3 is 2.77 bits per heavy atom. The first-order valence-corrected chi connectivity index (χ1v) is 12.0. The van der Waals surface area contributed by atoms with E-state index in [1.54, 1.807) is 6.07 Å². The van der Waals surface area contributed by atoms with E-state index >= 15 is 0 Å². The maximum absolute atomic E-state index is 13.6. The Balaban J connectivity index is 1.61. The van der Waals surface area contributed by atoms with E-state index in [9.17, 15) is 19.8 Å². The highest BCUT2D eigenvalue weighted by atomic mass is 16.6. The SMILES string of the molecule is C/C=C1/CN2CC[C@]34c5ccccc5N5[C@H](C(=O)OC)[C@H]1C[C@H]2[C@@]53OC(=O)c1c4ccc(O)c1O. The van der Waals surface area contributed by atoms with Gasteiger partial charge in [0, 0.05) is 24.7 Å². The fourth-order valence-corrected chi connectivity index (χ4v) is 7.91. The lowest BCUT2D eigenvalue weighted by Gasteiger charge is -2.67. The van der Waals surface area contributed by atoms with Gasteiger partial charge in [0.2, 0.25) is 5.72 Å². The number of carbonyl (C=O) groups is 2. The maximum Gasteiger partial charge on any atom is 0.344 e. The number of piperidine rings is 3. The zero-order valence-corrected chi connectivity index (χ0v) is 19.5. The van der Waals surface area contributed by atoms with E-state index in [0.29, 0.717) is 24.9 Å². The molecule has 5 heterocycles. The van der Waals surface area contributed by atoms with Gasteiger partial charge < -0.3 is 24.6 Å². The molecule has 35 heavy (non-hydrogen) atoms. The Kier molecular flexibility index (Phi) is 3.91. The van der Waals surface area contributed by atoms with Gasteiger partial charge in [-0.15, -0.1) is 0 Å². The molecule has 2 aromatic rings. The summed E-state index contributed by atoms with van der Waals surface area (Å²) in [4.78, 5) is 31.5. The minimum Gasteiger partial charge on any atom is -0.504 e. The zero-order valence-electron chi connectivity index (χ0n) is 19.5. The summed E-state index contributed by atoms with van der Waals surface area (Å²) < 4.78 is 11.8. The van der Waals surface area contributed by atoms with Crippen LogP contribution in [0.15, 0.2) is 48.0 Å². The predicted molar refractivity (Wildman–Crippen MR) is 125 cm³/mol. The molecule has 0 amide bonds. The molecule has 0 aliphatic carbocycles. The van der Waals surface area contributed by atoms with Crippen molar-refractivity contribution < 1.29 is 29.3 Å². The van der Waals surface area contributed by atoms with E-state index in [2.05, 4.69) is 11.0 Å². The molecule has 3 saturated heterocycles. The molecule has 0 radical (unpaired) electrons. The molecule has 8 nitrogen and oxygen atoms in total. The highest BCUT2D eigenvalue weighted by Crippen LogP contribution is 2.69. The number of ether oxygens (including phenoxy) is 2. The smallest absolute Gasteiger partial charge is 0.344 e. The fraction of sp³-hybridized carbons (Fsp3) is 0.407. The maximum atomic E-state index is 13.6. The summed E-state index contributed by atoms with van der Waals surface area (Å²) in [5.41, 5.74) is 1.63. The number of phenolic OH excluding ortho intramolecular Hbond substituents is 2. The van der Waals surface area contributed by atoms with Crippen molar-refractivity contribution in [1.82, 2.24) is 4.90 Å². The number of phenols is 2. The van der Waals surface area contributed by atoms with Crippen LogP contribution in [0.1, 0.15) is 41.3 Å². The third-order valence-electron chi connectivity index (χ3n) is 9.14. The van der Waals surface area contributed by atoms with Crippen molar-refractivity contribution in [2.75, 3.05) is 25.1 Å². The molecule has 1 spiro atoms. The second kappa shape index (κ2) is 6.57. The molecular weight excluding hydrogens is 448 g/mol. The van der Waals surface area contributed by atoms with Crippen molar-refractivity contribution in [3.63, 3.8) is 0 Å². The molecule has 180 valence electrons. The molecule has 3 fully saturated rings. The number of allylic oxidation sites excluding steroid dienone is 1. The standard InChI is InChI=1S/C27H26N2O6/c1-3-14-13-28-11-10-26-16-6-4-5-7-18(16)29-22(25(33)34-2)15(14)12-20(28)27(26,29)35-24(32)21-17(26)8-9-19(30)23(21)31/h3-9,15,20,22,30-31H,10-13H2,1-2H3/b14-3-/t15-,20-,22-,26+,27-/m0/s1. The molecule has 0 saturated carbocycles. The lowest BCUT2D eigenvalue weighted by Crippen LogP contribution is -2.82. The first-order valence-electron chi connectivity index (χ1n) is 12.0. The van der Waals surface area contributed by atoms with E-state index in [0.717, 1.165) is 17.8 Å². The van der Waals surface area contributed by atoms with Gasteiger partial charge >= 0.3 is 11.9 Å². The molecule has 2 bridgehead atoms.